The van der Waals surface area contributed by atoms with Crippen molar-refractivity contribution < 1.29 is 23.1 Å². The molecule has 0 radical (unpaired) electrons. The summed E-state index contributed by atoms with van der Waals surface area (Å²) in [6.07, 6.45) is 0.497. The fourth-order valence-electron chi connectivity index (χ4n) is 2.57. The largest absolute Gasteiger partial charge is 0.457 e. The van der Waals surface area contributed by atoms with Gasteiger partial charge in [-0.1, -0.05) is 48.5 Å². The van der Waals surface area contributed by atoms with Crippen LogP contribution in [-0.4, -0.2) is 18.4 Å². The van der Waals surface area contributed by atoms with Gasteiger partial charge in [0.05, 0.1) is 6.26 Å². The number of nitrogens with one attached hydrogen (secondary N) is 1. The number of hydrogen-bond donors (Lipinski definition) is 1. The number of carbonyl (C=O) groups is 2. The summed E-state index contributed by atoms with van der Waals surface area (Å²) in [6, 6.07) is 18.2. The predicted octanol–water partition coefficient (Wildman–Crippen LogP) is 3.68. The van der Waals surface area contributed by atoms with Crippen LogP contribution in [0, 0.1) is 5.82 Å². The van der Waals surface area contributed by atoms with E-state index in [-0.39, 0.29) is 11.3 Å². The average molecular weight is 367 g/mol. The number of halogens is 1. The lowest BCUT2D eigenvalue weighted by Gasteiger charge is -2.18. The molecule has 27 heavy (non-hydrogen) atoms. The van der Waals surface area contributed by atoms with Gasteiger partial charge in [-0.2, -0.15) is 0 Å². The molecule has 1 aromatic heterocycles. The zero-order valence-electron chi connectivity index (χ0n) is 14.4. The summed E-state index contributed by atoms with van der Waals surface area (Å²) in [7, 11) is 0. The van der Waals surface area contributed by atoms with Crippen molar-refractivity contribution in [3.8, 4) is 0 Å². The molecule has 0 unspecified atom stereocenters. The molecular formula is C21H18FNO4. The SMILES string of the molecule is O=C(O[C@@H](C(=O)NCCc1ccccc1)c1ccccc1F)c1ccco1. The number of amides is 1. The normalized spacial score (nSPS) is 11.6. The molecule has 2 aromatic carbocycles. The summed E-state index contributed by atoms with van der Waals surface area (Å²) in [5.41, 5.74) is 1.03. The lowest BCUT2D eigenvalue weighted by Crippen LogP contribution is -2.34. The van der Waals surface area contributed by atoms with Crippen LogP contribution in [0.25, 0.3) is 0 Å². The summed E-state index contributed by atoms with van der Waals surface area (Å²) >= 11 is 0. The van der Waals surface area contributed by atoms with Crippen molar-refractivity contribution in [1.82, 2.24) is 5.32 Å². The molecule has 138 valence electrons. The number of hydrogen-bond acceptors (Lipinski definition) is 4. The molecule has 0 saturated carbocycles. The molecule has 0 aliphatic rings. The molecule has 0 fully saturated rings. The topological polar surface area (TPSA) is 68.5 Å². The maximum atomic E-state index is 14.2. The standard InChI is InChI=1S/C21H18FNO4/c22-17-10-5-4-9-16(17)19(27-21(25)18-11-6-14-26-18)20(24)23-13-12-15-7-2-1-3-8-15/h1-11,14,19H,12-13H2,(H,23,24)/t19-/m1/s1. The van der Waals surface area contributed by atoms with Crippen molar-refractivity contribution in [1.29, 1.82) is 0 Å². The molecule has 6 heteroatoms. The van der Waals surface area contributed by atoms with Crippen molar-refractivity contribution in [3.05, 3.63) is 95.7 Å². The highest BCUT2D eigenvalue weighted by molar-refractivity contribution is 5.90. The van der Waals surface area contributed by atoms with Gasteiger partial charge >= 0.3 is 5.97 Å². The first-order valence-electron chi connectivity index (χ1n) is 8.45. The van der Waals surface area contributed by atoms with Crippen LogP contribution in [0.2, 0.25) is 0 Å². The fraction of sp³-hybridized carbons (Fsp3) is 0.143. The van der Waals surface area contributed by atoms with E-state index in [0.29, 0.717) is 13.0 Å². The van der Waals surface area contributed by atoms with Gasteiger partial charge in [0.1, 0.15) is 5.82 Å². The quantitative estimate of drug-likeness (QED) is 0.647. The second-order valence-electron chi connectivity index (χ2n) is 5.81. The fourth-order valence-corrected chi connectivity index (χ4v) is 2.57. The number of rotatable bonds is 7. The van der Waals surface area contributed by atoms with Gasteiger partial charge in [-0.3, -0.25) is 4.79 Å². The minimum absolute atomic E-state index is 0.0189. The molecule has 0 spiro atoms. The molecule has 3 rings (SSSR count). The second-order valence-corrected chi connectivity index (χ2v) is 5.81. The molecule has 1 heterocycles. The summed E-state index contributed by atoms with van der Waals surface area (Å²) in [6.45, 7) is 0.325. The molecule has 0 aliphatic carbocycles. The Morgan fingerprint density at radius 3 is 2.44 bits per heavy atom. The number of carbonyl (C=O) groups excluding carboxylic acids is 2. The second kappa shape index (κ2) is 8.80. The maximum absolute atomic E-state index is 14.2. The van der Waals surface area contributed by atoms with Crippen LogP contribution in [0.1, 0.15) is 27.8 Å². The molecule has 1 atom stereocenters. The van der Waals surface area contributed by atoms with Gasteiger partial charge in [0.15, 0.2) is 0 Å². The van der Waals surface area contributed by atoms with E-state index in [1.54, 1.807) is 6.07 Å². The third kappa shape index (κ3) is 4.82. The lowest BCUT2D eigenvalue weighted by atomic mass is 10.1. The zero-order valence-corrected chi connectivity index (χ0v) is 14.4. The highest BCUT2D eigenvalue weighted by atomic mass is 19.1. The number of benzene rings is 2. The van der Waals surface area contributed by atoms with Gasteiger partial charge in [-0.15, -0.1) is 0 Å². The van der Waals surface area contributed by atoms with E-state index in [4.69, 9.17) is 9.15 Å². The third-order valence-corrected chi connectivity index (χ3v) is 3.93. The Morgan fingerprint density at radius 2 is 1.74 bits per heavy atom. The minimum atomic E-state index is -1.42. The Bertz CT molecular complexity index is 894. The zero-order chi connectivity index (χ0) is 19.1. The summed E-state index contributed by atoms with van der Waals surface area (Å²) in [5.74, 6) is -2.14. The smallest absolute Gasteiger partial charge is 0.375 e. The van der Waals surface area contributed by atoms with Gasteiger partial charge in [-0.05, 0) is 30.2 Å². The van der Waals surface area contributed by atoms with E-state index in [0.717, 1.165) is 5.56 Å². The van der Waals surface area contributed by atoms with Gasteiger partial charge in [0.2, 0.25) is 11.9 Å². The number of esters is 1. The highest BCUT2D eigenvalue weighted by Crippen LogP contribution is 2.22. The van der Waals surface area contributed by atoms with E-state index < -0.39 is 23.8 Å². The Kier molecular flexibility index (Phi) is 5.99. The van der Waals surface area contributed by atoms with Crippen LogP contribution < -0.4 is 5.32 Å². The van der Waals surface area contributed by atoms with Gasteiger partial charge in [0, 0.05) is 12.1 Å². The Morgan fingerprint density at radius 1 is 1.00 bits per heavy atom. The van der Waals surface area contributed by atoms with E-state index in [1.807, 2.05) is 30.3 Å². The number of ether oxygens (including phenoxy) is 1. The van der Waals surface area contributed by atoms with Crippen LogP contribution in [0.3, 0.4) is 0 Å². The first-order valence-corrected chi connectivity index (χ1v) is 8.45. The molecular weight excluding hydrogens is 349 g/mol. The van der Waals surface area contributed by atoms with Crippen molar-refractivity contribution in [2.45, 2.75) is 12.5 Å². The maximum Gasteiger partial charge on any atom is 0.375 e. The number of furan rings is 1. The van der Waals surface area contributed by atoms with Crippen LogP contribution >= 0.6 is 0 Å². The molecule has 5 nitrogen and oxygen atoms in total. The van der Waals surface area contributed by atoms with Gasteiger partial charge < -0.3 is 14.5 Å². The molecule has 0 saturated heterocycles. The lowest BCUT2D eigenvalue weighted by molar-refractivity contribution is -0.130. The van der Waals surface area contributed by atoms with Crippen molar-refractivity contribution in [2.24, 2.45) is 0 Å². The van der Waals surface area contributed by atoms with E-state index >= 15 is 0 Å². The minimum Gasteiger partial charge on any atom is -0.457 e. The monoisotopic (exact) mass is 367 g/mol. The van der Waals surface area contributed by atoms with Crippen LogP contribution in [0.5, 0.6) is 0 Å². The Labute approximate surface area is 155 Å². The molecule has 1 amide bonds. The summed E-state index contributed by atoms with van der Waals surface area (Å²) in [4.78, 5) is 24.8. The predicted molar refractivity (Wildman–Crippen MR) is 96.4 cm³/mol. The molecule has 0 aliphatic heterocycles. The van der Waals surface area contributed by atoms with Crippen molar-refractivity contribution in [3.63, 3.8) is 0 Å². The third-order valence-electron chi connectivity index (χ3n) is 3.93. The molecule has 1 N–H and O–H groups in total. The van der Waals surface area contributed by atoms with Crippen molar-refractivity contribution >= 4 is 11.9 Å². The first-order chi connectivity index (χ1) is 13.1. The summed E-state index contributed by atoms with van der Waals surface area (Å²) < 4.78 is 24.4. The molecule has 0 bridgehead atoms. The van der Waals surface area contributed by atoms with Gasteiger partial charge in [0.25, 0.3) is 5.91 Å². The Hall–Kier alpha value is -3.41. The first kappa shape index (κ1) is 18.4. The molecule has 3 aromatic rings. The van der Waals surface area contributed by atoms with Crippen LogP contribution in [0.15, 0.2) is 77.4 Å². The van der Waals surface area contributed by atoms with Crippen LogP contribution in [0.4, 0.5) is 4.39 Å². The van der Waals surface area contributed by atoms with Crippen LogP contribution in [-0.2, 0) is 16.0 Å². The van der Waals surface area contributed by atoms with E-state index in [1.165, 1.54) is 36.6 Å². The van der Waals surface area contributed by atoms with E-state index in [2.05, 4.69) is 5.32 Å². The van der Waals surface area contributed by atoms with E-state index in [9.17, 15) is 14.0 Å². The van der Waals surface area contributed by atoms with Crippen molar-refractivity contribution in [2.75, 3.05) is 6.54 Å². The summed E-state index contributed by atoms with van der Waals surface area (Å²) in [5, 5.41) is 2.69. The highest BCUT2D eigenvalue weighted by Gasteiger charge is 2.28. The Balaban J connectivity index is 1.71. The average Bonchev–Trinajstić information content (AvgIpc) is 3.22. The van der Waals surface area contributed by atoms with Gasteiger partial charge in [-0.25, -0.2) is 9.18 Å².